The molecule has 2 aromatic rings. The van der Waals surface area contributed by atoms with Gasteiger partial charge in [0.15, 0.2) is 0 Å². The molecule has 2 amide bonds. The molecule has 144 valence electrons. The molecular weight excluding hydrogens is 346 g/mol. The number of carbonyl (C=O) groups excluding carboxylic acids is 2. The van der Waals surface area contributed by atoms with Crippen molar-refractivity contribution in [2.75, 3.05) is 26.2 Å². The van der Waals surface area contributed by atoms with Crippen LogP contribution in [0.5, 0.6) is 0 Å². The standard InChI is InChI=1S/C19H25N5O3/c1-19(2,3)18(26)24-12-10-23(11-13-24)16(25)8-7-15-21-17(22-27-15)14-6-4-5-9-20-14/h4-6,9H,7-8,10-13H2,1-3H3. The van der Waals surface area contributed by atoms with Crippen molar-refractivity contribution in [3.63, 3.8) is 0 Å². The molecule has 3 heterocycles. The number of rotatable bonds is 4. The molecule has 1 aliphatic heterocycles. The van der Waals surface area contributed by atoms with E-state index in [4.69, 9.17) is 4.52 Å². The molecule has 27 heavy (non-hydrogen) atoms. The van der Waals surface area contributed by atoms with E-state index in [1.54, 1.807) is 17.2 Å². The maximum atomic E-state index is 12.4. The highest BCUT2D eigenvalue weighted by molar-refractivity contribution is 5.82. The lowest BCUT2D eigenvalue weighted by Gasteiger charge is -2.37. The van der Waals surface area contributed by atoms with Crippen LogP contribution in [0.1, 0.15) is 33.1 Å². The molecule has 0 saturated carbocycles. The van der Waals surface area contributed by atoms with E-state index in [-0.39, 0.29) is 11.8 Å². The average molecular weight is 371 g/mol. The van der Waals surface area contributed by atoms with E-state index in [0.717, 1.165) is 0 Å². The van der Waals surface area contributed by atoms with Gasteiger partial charge in [0.2, 0.25) is 23.5 Å². The third-order valence-electron chi connectivity index (χ3n) is 4.48. The predicted molar refractivity (Wildman–Crippen MR) is 98.5 cm³/mol. The zero-order valence-corrected chi connectivity index (χ0v) is 16.0. The molecule has 0 unspecified atom stereocenters. The summed E-state index contributed by atoms with van der Waals surface area (Å²) in [6.45, 7) is 8.01. The normalized spacial score (nSPS) is 15.1. The highest BCUT2D eigenvalue weighted by Crippen LogP contribution is 2.19. The van der Waals surface area contributed by atoms with Crippen molar-refractivity contribution < 1.29 is 14.1 Å². The first-order valence-corrected chi connectivity index (χ1v) is 9.16. The third kappa shape index (κ3) is 4.69. The fraction of sp³-hybridized carbons (Fsp3) is 0.526. The Morgan fingerprint density at radius 2 is 1.81 bits per heavy atom. The summed E-state index contributed by atoms with van der Waals surface area (Å²) < 4.78 is 5.22. The summed E-state index contributed by atoms with van der Waals surface area (Å²) in [4.78, 5) is 36.9. The summed E-state index contributed by atoms with van der Waals surface area (Å²) >= 11 is 0. The summed E-state index contributed by atoms with van der Waals surface area (Å²) in [5.41, 5.74) is 0.244. The number of aromatic nitrogens is 3. The first-order valence-electron chi connectivity index (χ1n) is 9.16. The average Bonchev–Trinajstić information content (AvgIpc) is 3.15. The molecule has 1 aliphatic rings. The van der Waals surface area contributed by atoms with Crippen molar-refractivity contribution in [1.29, 1.82) is 0 Å². The number of amides is 2. The Bertz CT molecular complexity index is 789. The topological polar surface area (TPSA) is 92.4 Å². The van der Waals surface area contributed by atoms with E-state index in [9.17, 15) is 9.59 Å². The van der Waals surface area contributed by atoms with Crippen LogP contribution in [-0.4, -0.2) is 62.9 Å². The summed E-state index contributed by atoms with van der Waals surface area (Å²) in [5, 5.41) is 3.91. The first kappa shape index (κ1) is 19.0. The van der Waals surface area contributed by atoms with Crippen LogP contribution in [0.4, 0.5) is 0 Å². The lowest BCUT2D eigenvalue weighted by atomic mass is 9.94. The zero-order valence-electron chi connectivity index (χ0n) is 16.0. The zero-order chi connectivity index (χ0) is 19.4. The molecule has 0 radical (unpaired) electrons. The second-order valence-corrected chi connectivity index (χ2v) is 7.65. The lowest BCUT2D eigenvalue weighted by Crippen LogP contribution is -2.53. The van der Waals surface area contributed by atoms with Crippen LogP contribution in [-0.2, 0) is 16.0 Å². The predicted octanol–water partition coefficient (Wildman–Crippen LogP) is 1.78. The third-order valence-corrected chi connectivity index (χ3v) is 4.48. The molecule has 2 aromatic heterocycles. The van der Waals surface area contributed by atoms with E-state index in [1.165, 1.54) is 0 Å². The van der Waals surface area contributed by atoms with Gasteiger partial charge in [-0.1, -0.05) is 32.0 Å². The minimum atomic E-state index is -0.393. The molecule has 0 aromatic carbocycles. The Labute approximate surface area is 158 Å². The Morgan fingerprint density at radius 3 is 2.44 bits per heavy atom. The minimum Gasteiger partial charge on any atom is -0.339 e. The molecule has 0 N–H and O–H groups in total. The van der Waals surface area contributed by atoms with Gasteiger partial charge in [0.1, 0.15) is 5.69 Å². The van der Waals surface area contributed by atoms with Crippen molar-refractivity contribution in [1.82, 2.24) is 24.9 Å². The Kier molecular flexibility index (Phi) is 5.53. The number of hydrogen-bond donors (Lipinski definition) is 0. The Balaban J connectivity index is 1.48. The number of aryl methyl sites for hydroxylation is 1. The fourth-order valence-corrected chi connectivity index (χ4v) is 2.96. The van der Waals surface area contributed by atoms with Gasteiger partial charge in [-0.3, -0.25) is 14.6 Å². The van der Waals surface area contributed by atoms with Crippen LogP contribution in [0.25, 0.3) is 11.5 Å². The van der Waals surface area contributed by atoms with E-state index < -0.39 is 5.41 Å². The van der Waals surface area contributed by atoms with Crippen LogP contribution in [0.3, 0.4) is 0 Å². The Hall–Kier alpha value is -2.77. The molecule has 8 heteroatoms. The highest BCUT2D eigenvalue weighted by Gasteiger charge is 2.30. The van der Waals surface area contributed by atoms with Crippen molar-refractivity contribution in [3.05, 3.63) is 30.3 Å². The number of piperazine rings is 1. The molecule has 0 bridgehead atoms. The van der Waals surface area contributed by atoms with Gasteiger partial charge in [-0.25, -0.2) is 0 Å². The molecule has 1 saturated heterocycles. The maximum absolute atomic E-state index is 12.4. The number of nitrogens with zero attached hydrogens (tertiary/aromatic N) is 5. The Morgan fingerprint density at radius 1 is 1.11 bits per heavy atom. The van der Waals surface area contributed by atoms with Crippen LogP contribution in [0.15, 0.2) is 28.9 Å². The van der Waals surface area contributed by atoms with E-state index in [2.05, 4.69) is 15.1 Å². The van der Waals surface area contributed by atoms with Gasteiger partial charge in [-0.15, -0.1) is 0 Å². The maximum Gasteiger partial charge on any atom is 0.228 e. The molecule has 0 atom stereocenters. The van der Waals surface area contributed by atoms with Gasteiger partial charge < -0.3 is 14.3 Å². The molecule has 1 fully saturated rings. The SMILES string of the molecule is CC(C)(C)C(=O)N1CCN(C(=O)CCc2nc(-c3ccccn3)no2)CC1. The minimum absolute atomic E-state index is 0.0374. The number of carbonyl (C=O) groups is 2. The van der Waals surface area contributed by atoms with E-state index in [1.807, 2.05) is 37.8 Å². The van der Waals surface area contributed by atoms with E-state index in [0.29, 0.717) is 56.4 Å². The molecule has 8 nitrogen and oxygen atoms in total. The largest absolute Gasteiger partial charge is 0.339 e. The molecule has 3 rings (SSSR count). The second kappa shape index (κ2) is 7.85. The van der Waals surface area contributed by atoms with Crippen LogP contribution < -0.4 is 0 Å². The van der Waals surface area contributed by atoms with E-state index >= 15 is 0 Å². The lowest BCUT2D eigenvalue weighted by molar-refractivity contribution is -0.144. The molecule has 0 spiro atoms. The fourth-order valence-electron chi connectivity index (χ4n) is 2.96. The quantitative estimate of drug-likeness (QED) is 0.813. The van der Waals surface area contributed by atoms with Crippen molar-refractivity contribution in [3.8, 4) is 11.5 Å². The summed E-state index contributed by atoms with van der Waals surface area (Å²) in [5.74, 6) is 1.01. The van der Waals surface area contributed by atoms with Crippen LogP contribution >= 0.6 is 0 Å². The van der Waals surface area contributed by atoms with Gasteiger partial charge in [0.25, 0.3) is 0 Å². The van der Waals surface area contributed by atoms with Gasteiger partial charge in [-0.2, -0.15) is 4.98 Å². The van der Waals surface area contributed by atoms with Gasteiger partial charge in [0.05, 0.1) is 0 Å². The van der Waals surface area contributed by atoms with Crippen molar-refractivity contribution in [2.24, 2.45) is 5.41 Å². The van der Waals surface area contributed by atoms with Crippen molar-refractivity contribution in [2.45, 2.75) is 33.6 Å². The number of pyridine rings is 1. The van der Waals surface area contributed by atoms with Crippen LogP contribution in [0, 0.1) is 5.41 Å². The summed E-state index contributed by atoms with van der Waals surface area (Å²) in [6.07, 6.45) is 2.36. The summed E-state index contributed by atoms with van der Waals surface area (Å²) in [7, 11) is 0. The molecule has 0 aliphatic carbocycles. The molecular formula is C19H25N5O3. The first-order chi connectivity index (χ1) is 12.8. The van der Waals surface area contributed by atoms with Crippen LogP contribution in [0.2, 0.25) is 0 Å². The monoisotopic (exact) mass is 371 g/mol. The van der Waals surface area contributed by atoms with Gasteiger partial charge in [0, 0.05) is 50.6 Å². The van der Waals surface area contributed by atoms with Gasteiger partial charge >= 0.3 is 0 Å². The number of hydrogen-bond acceptors (Lipinski definition) is 6. The smallest absolute Gasteiger partial charge is 0.228 e. The van der Waals surface area contributed by atoms with Gasteiger partial charge in [-0.05, 0) is 12.1 Å². The van der Waals surface area contributed by atoms with Crippen molar-refractivity contribution >= 4 is 11.8 Å². The summed E-state index contributed by atoms with van der Waals surface area (Å²) in [6, 6.07) is 5.47. The second-order valence-electron chi connectivity index (χ2n) is 7.65. The highest BCUT2D eigenvalue weighted by atomic mass is 16.5.